The Morgan fingerprint density at radius 2 is 1.86 bits per heavy atom. The lowest BCUT2D eigenvalue weighted by molar-refractivity contribution is -0.144. The first kappa shape index (κ1) is 15.1. The van der Waals surface area contributed by atoms with Gasteiger partial charge in [-0.2, -0.15) is 0 Å². The molecule has 0 spiro atoms. The van der Waals surface area contributed by atoms with E-state index >= 15 is 0 Å². The van der Waals surface area contributed by atoms with E-state index in [1.807, 2.05) is 61.5 Å². The van der Waals surface area contributed by atoms with Crippen molar-refractivity contribution in [2.45, 2.75) is 25.2 Å². The Morgan fingerprint density at radius 1 is 1.14 bits per heavy atom. The van der Waals surface area contributed by atoms with Crippen molar-refractivity contribution in [1.82, 2.24) is 0 Å². The quantitative estimate of drug-likeness (QED) is 0.880. The average molecular weight is 284 g/mol. The van der Waals surface area contributed by atoms with Gasteiger partial charge in [-0.1, -0.05) is 49.4 Å². The summed E-state index contributed by atoms with van der Waals surface area (Å²) < 4.78 is 5.22. The number of hydrogen-bond acceptors (Lipinski definition) is 2. The normalized spacial score (nSPS) is 13.4. The van der Waals surface area contributed by atoms with Gasteiger partial charge in [-0.05, 0) is 36.1 Å². The monoisotopic (exact) mass is 284 g/mol. The molecule has 0 heterocycles. The van der Waals surface area contributed by atoms with Crippen molar-refractivity contribution >= 4 is 5.97 Å². The summed E-state index contributed by atoms with van der Waals surface area (Å²) in [4.78, 5) is 12.0. The zero-order chi connectivity index (χ0) is 15.3. The number of carboxylic acid groups (broad SMARTS) is 1. The SMILES string of the molecule is CCC(Cc1cccc(OC)c1)(C(=O)O)c1ccccc1. The van der Waals surface area contributed by atoms with E-state index in [4.69, 9.17) is 4.74 Å². The molecular weight excluding hydrogens is 264 g/mol. The van der Waals surface area contributed by atoms with Crippen LogP contribution >= 0.6 is 0 Å². The second-order valence-corrected chi connectivity index (χ2v) is 5.14. The largest absolute Gasteiger partial charge is 0.497 e. The van der Waals surface area contributed by atoms with Crippen LogP contribution in [0, 0.1) is 0 Å². The summed E-state index contributed by atoms with van der Waals surface area (Å²) in [6.45, 7) is 1.92. The molecule has 3 heteroatoms. The molecule has 0 aliphatic carbocycles. The summed E-state index contributed by atoms with van der Waals surface area (Å²) in [5.74, 6) is -0.0463. The van der Waals surface area contributed by atoms with Crippen molar-refractivity contribution < 1.29 is 14.6 Å². The molecule has 0 radical (unpaired) electrons. The highest BCUT2D eigenvalue weighted by molar-refractivity contribution is 5.81. The van der Waals surface area contributed by atoms with Crippen LogP contribution in [-0.4, -0.2) is 18.2 Å². The third-order valence-electron chi connectivity index (χ3n) is 3.98. The number of ether oxygens (including phenoxy) is 1. The number of hydrogen-bond donors (Lipinski definition) is 1. The number of aliphatic carboxylic acids is 1. The van der Waals surface area contributed by atoms with E-state index in [1.54, 1.807) is 7.11 Å². The Labute approximate surface area is 125 Å². The Kier molecular flexibility index (Phi) is 4.63. The molecule has 21 heavy (non-hydrogen) atoms. The predicted octanol–water partition coefficient (Wildman–Crippen LogP) is 3.67. The van der Waals surface area contributed by atoms with Crippen LogP contribution in [-0.2, 0) is 16.6 Å². The maximum Gasteiger partial charge on any atom is 0.314 e. The lowest BCUT2D eigenvalue weighted by Gasteiger charge is -2.29. The van der Waals surface area contributed by atoms with Crippen LogP contribution in [0.1, 0.15) is 24.5 Å². The van der Waals surface area contributed by atoms with Crippen LogP contribution in [0.4, 0.5) is 0 Å². The highest BCUT2D eigenvalue weighted by Gasteiger charge is 2.38. The Balaban J connectivity index is 2.43. The molecular formula is C18H20O3. The van der Waals surface area contributed by atoms with E-state index in [0.29, 0.717) is 12.8 Å². The van der Waals surface area contributed by atoms with Gasteiger partial charge in [0.25, 0.3) is 0 Å². The first-order valence-electron chi connectivity index (χ1n) is 7.04. The van der Waals surface area contributed by atoms with E-state index in [2.05, 4.69) is 0 Å². The van der Waals surface area contributed by atoms with Gasteiger partial charge in [0.2, 0.25) is 0 Å². The summed E-state index contributed by atoms with van der Waals surface area (Å²) in [7, 11) is 1.61. The molecule has 1 N–H and O–H groups in total. The molecule has 1 unspecified atom stereocenters. The Bertz CT molecular complexity index is 607. The number of carboxylic acids is 1. The fraction of sp³-hybridized carbons (Fsp3) is 0.278. The zero-order valence-corrected chi connectivity index (χ0v) is 12.4. The lowest BCUT2D eigenvalue weighted by atomic mass is 9.73. The van der Waals surface area contributed by atoms with Gasteiger partial charge in [-0.3, -0.25) is 4.79 Å². The molecule has 0 aliphatic rings. The summed E-state index contributed by atoms with van der Waals surface area (Å²) in [5, 5.41) is 9.83. The first-order chi connectivity index (χ1) is 10.1. The van der Waals surface area contributed by atoms with Crippen molar-refractivity contribution in [3.8, 4) is 5.75 Å². The lowest BCUT2D eigenvalue weighted by Crippen LogP contribution is -2.37. The smallest absolute Gasteiger partial charge is 0.314 e. The van der Waals surface area contributed by atoms with Crippen molar-refractivity contribution in [2.24, 2.45) is 0 Å². The molecule has 0 saturated carbocycles. The van der Waals surface area contributed by atoms with Gasteiger partial charge in [0.15, 0.2) is 0 Å². The van der Waals surface area contributed by atoms with Gasteiger partial charge in [-0.25, -0.2) is 0 Å². The van der Waals surface area contributed by atoms with Crippen molar-refractivity contribution in [2.75, 3.05) is 7.11 Å². The van der Waals surface area contributed by atoms with Crippen LogP contribution in [0.3, 0.4) is 0 Å². The van der Waals surface area contributed by atoms with Crippen LogP contribution < -0.4 is 4.74 Å². The van der Waals surface area contributed by atoms with E-state index in [-0.39, 0.29) is 0 Å². The first-order valence-corrected chi connectivity index (χ1v) is 7.04. The molecule has 2 aromatic rings. The van der Waals surface area contributed by atoms with Gasteiger partial charge in [0, 0.05) is 0 Å². The number of rotatable bonds is 6. The van der Waals surface area contributed by atoms with E-state index in [0.717, 1.165) is 16.9 Å². The van der Waals surface area contributed by atoms with E-state index < -0.39 is 11.4 Å². The topological polar surface area (TPSA) is 46.5 Å². The van der Waals surface area contributed by atoms with Crippen LogP contribution in [0.25, 0.3) is 0 Å². The molecule has 0 amide bonds. The summed E-state index contributed by atoms with van der Waals surface area (Å²) in [6, 6.07) is 17.0. The highest BCUT2D eigenvalue weighted by atomic mass is 16.5. The van der Waals surface area contributed by atoms with E-state index in [9.17, 15) is 9.90 Å². The number of methoxy groups -OCH3 is 1. The minimum absolute atomic E-state index is 0.444. The summed E-state index contributed by atoms with van der Waals surface area (Å²) >= 11 is 0. The summed E-state index contributed by atoms with van der Waals surface area (Å²) in [6.07, 6.45) is 0.976. The minimum Gasteiger partial charge on any atom is -0.497 e. The zero-order valence-electron chi connectivity index (χ0n) is 12.4. The fourth-order valence-electron chi connectivity index (χ4n) is 2.67. The maximum absolute atomic E-state index is 12.0. The molecule has 0 aliphatic heterocycles. The molecule has 1 atom stereocenters. The molecule has 0 bridgehead atoms. The second-order valence-electron chi connectivity index (χ2n) is 5.14. The molecule has 110 valence electrons. The Morgan fingerprint density at radius 3 is 2.43 bits per heavy atom. The second kappa shape index (κ2) is 6.44. The standard InChI is InChI=1S/C18H20O3/c1-3-18(17(19)20,15-9-5-4-6-10-15)13-14-8-7-11-16(12-14)21-2/h4-12H,3,13H2,1-2H3,(H,19,20). The van der Waals surface area contributed by atoms with Crippen molar-refractivity contribution in [3.63, 3.8) is 0 Å². The highest BCUT2D eigenvalue weighted by Crippen LogP contribution is 2.33. The summed E-state index contributed by atoms with van der Waals surface area (Å²) in [5.41, 5.74) is 0.887. The fourth-order valence-corrected chi connectivity index (χ4v) is 2.67. The van der Waals surface area contributed by atoms with Crippen LogP contribution in [0.15, 0.2) is 54.6 Å². The van der Waals surface area contributed by atoms with Gasteiger partial charge in [0.05, 0.1) is 12.5 Å². The molecule has 2 rings (SSSR count). The van der Waals surface area contributed by atoms with Crippen LogP contribution in [0.5, 0.6) is 5.75 Å². The Hall–Kier alpha value is -2.29. The van der Waals surface area contributed by atoms with E-state index in [1.165, 1.54) is 0 Å². The number of benzene rings is 2. The maximum atomic E-state index is 12.0. The minimum atomic E-state index is -0.909. The molecule has 0 fully saturated rings. The predicted molar refractivity (Wildman–Crippen MR) is 82.7 cm³/mol. The molecule has 0 saturated heterocycles. The van der Waals surface area contributed by atoms with Crippen molar-refractivity contribution in [1.29, 1.82) is 0 Å². The molecule has 3 nitrogen and oxygen atoms in total. The van der Waals surface area contributed by atoms with Gasteiger partial charge in [0.1, 0.15) is 5.75 Å². The molecule has 2 aromatic carbocycles. The van der Waals surface area contributed by atoms with Gasteiger partial charge < -0.3 is 9.84 Å². The van der Waals surface area contributed by atoms with Crippen molar-refractivity contribution in [3.05, 3.63) is 65.7 Å². The third kappa shape index (κ3) is 3.07. The average Bonchev–Trinajstić information content (AvgIpc) is 2.53. The number of carbonyl (C=O) groups is 1. The third-order valence-corrected chi connectivity index (χ3v) is 3.98. The van der Waals surface area contributed by atoms with Gasteiger partial charge in [-0.15, -0.1) is 0 Å². The van der Waals surface area contributed by atoms with Gasteiger partial charge >= 0.3 is 5.97 Å². The molecule has 0 aromatic heterocycles. The van der Waals surface area contributed by atoms with Crippen LogP contribution in [0.2, 0.25) is 0 Å².